The van der Waals surface area contributed by atoms with E-state index in [4.69, 9.17) is 4.74 Å². The number of nitro groups is 1. The van der Waals surface area contributed by atoms with Gasteiger partial charge in [-0.1, -0.05) is 6.42 Å². The van der Waals surface area contributed by atoms with E-state index in [9.17, 15) is 10.1 Å². The highest BCUT2D eigenvalue weighted by Gasteiger charge is 2.20. The van der Waals surface area contributed by atoms with Crippen molar-refractivity contribution in [3.63, 3.8) is 0 Å². The molecule has 7 heteroatoms. The van der Waals surface area contributed by atoms with Gasteiger partial charge in [0.25, 0.3) is 0 Å². The summed E-state index contributed by atoms with van der Waals surface area (Å²) in [5.41, 5.74) is -0.0749. The highest BCUT2D eigenvalue weighted by Crippen LogP contribution is 2.24. The molecule has 2 heterocycles. The molecule has 1 aromatic rings. The van der Waals surface area contributed by atoms with E-state index >= 15 is 0 Å². The SMILES string of the molecule is Cn1cc([N+](=O)[O-])c(OCCC2CCCCN2)n1. The minimum atomic E-state index is -0.471. The first-order valence-corrected chi connectivity index (χ1v) is 6.21. The number of piperidine rings is 1. The van der Waals surface area contributed by atoms with Gasteiger partial charge >= 0.3 is 11.6 Å². The lowest BCUT2D eigenvalue weighted by atomic mass is 10.0. The van der Waals surface area contributed by atoms with E-state index < -0.39 is 4.92 Å². The van der Waals surface area contributed by atoms with E-state index in [1.807, 2.05) is 0 Å². The predicted molar refractivity (Wildman–Crippen MR) is 65.6 cm³/mol. The normalized spacial score (nSPS) is 19.7. The van der Waals surface area contributed by atoms with Crippen molar-refractivity contribution in [3.8, 4) is 5.88 Å². The highest BCUT2D eigenvalue weighted by atomic mass is 16.6. The molecule has 0 aliphatic carbocycles. The van der Waals surface area contributed by atoms with Gasteiger partial charge in [-0.3, -0.25) is 14.8 Å². The van der Waals surface area contributed by atoms with Crippen LogP contribution in [0, 0.1) is 10.1 Å². The molecule has 2 rings (SSSR count). The minimum Gasteiger partial charge on any atom is -0.472 e. The molecule has 1 aromatic heterocycles. The summed E-state index contributed by atoms with van der Waals surface area (Å²) in [6.45, 7) is 1.50. The van der Waals surface area contributed by atoms with Crippen LogP contribution in [0.5, 0.6) is 5.88 Å². The van der Waals surface area contributed by atoms with E-state index in [1.165, 1.54) is 23.7 Å². The highest BCUT2D eigenvalue weighted by molar-refractivity contribution is 5.38. The maximum absolute atomic E-state index is 10.8. The fraction of sp³-hybridized carbons (Fsp3) is 0.727. The second-order valence-corrected chi connectivity index (χ2v) is 4.53. The van der Waals surface area contributed by atoms with Gasteiger partial charge in [0.05, 0.1) is 11.5 Å². The smallest absolute Gasteiger partial charge is 0.350 e. The summed E-state index contributed by atoms with van der Waals surface area (Å²) in [6, 6.07) is 0.460. The van der Waals surface area contributed by atoms with E-state index in [0.29, 0.717) is 12.6 Å². The number of rotatable bonds is 5. The Morgan fingerprint density at radius 1 is 1.67 bits per heavy atom. The molecule has 1 aliphatic rings. The van der Waals surface area contributed by atoms with Crippen LogP contribution in [0.3, 0.4) is 0 Å². The molecule has 1 atom stereocenters. The monoisotopic (exact) mass is 254 g/mol. The third kappa shape index (κ3) is 3.19. The number of aryl methyl sites for hydroxylation is 1. The molecule has 1 N–H and O–H groups in total. The molecule has 0 aromatic carbocycles. The molecular formula is C11H18N4O3. The lowest BCUT2D eigenvalue weighted by molar-refractivity contribution is -0.386. The van der Waals surface area contributed by atoms with Gasteiger partial charge in [-0.25, -0.2) is 0 Å². The standard InChI is InChI=1S/C11H18N4O3/c1-14-8-10(15(16)17)11(13-14)18-7-5-9-4-2-3-6-12-9/h8-9,12H,2-7H2,1H3. The summed E-state index contributed by atoms with van der Waals surface area (Å²) in [4.78, 5) is 10.3. The summed E-state index contributed by atoms with van der Waals surface area (Å²) in [5, 5.41) is 18.1. The van der Waals surface area contributed by atoms with E-state index in [2.05, 4.69) is 10.4 Å². The van der Waals surface area contributed by atoms with Crippen LogP contribution in [0.25, 0.3) is 0 Å². The Hall–Kier alpha value is -1.63. The largest absolute Gasteiger partial charge is 0.472 e. The Morgan fingerprint density at radius 2 is 2.50 bits per heavy atom. The molecule has 0 saturated carbocycles. The van der Waals surface area contributed by atoms with Crippen LogP contribution in [0.2, 0.25) is 0 Å². The molecule has 0 amide bonds. The zero-order valence-corrected chi connectivity index (χ0v) is 10.5. The average Bonchev–Trinajstić information content (AvgIpc) is 2.72. The molecule has 0 bridgehead atoms. The first-order chi connectivity index (χ1) is 8.66. The molecular weight excluding hydrogens is 236 g/mol. The first kappa shape index (κ1) is 12.8. The summed E-state index contributed by atoms with van der Waals surface area (Å²) in [7, 11) is 1.64. The van der Waals surface area contributed by atoms with Gasteiger partial charge in [0.15, 0.2) is 0 Å². The van der Waals surface area contributed by atoms with Crippen LogP contribution in [-0.2, 0) is 7.05 Å². The van der Waals surface area contributed by atoms with E-state index in [-0.39, 0.29) is 11.6 Å². The average molecular weight is 254 g/mol. The summed E-state index contributed by atoms with van der Waals surface area (Å²) in [5.74, 6) is 0.110. The van der Waals surface area contributed by atoms with Crippen molar-refractivity contribution < 1.29 is 9.66 Å². The third-order valence-electron chi connectivity index (χ3n) is 3.09. The number of nitrogens with zero attached hydrogens (tertiary/aromatic N) is 3. The van der Waals surface area contributed by atoms with Crippen molar-refractivity contribution in [3.05, 3.63) is 16.3 Å². The van der Waals surface area contributed by atoms with Crippen LogP contribution in [-0.4, -0.2) is 33.9 Å². The van der Waals surface area contributed by atoms with Crippen molar-refractivity contribution in [1.82, 2.24) is 15.1 Å². The fourth-order valence-electron chi connectivity index (χ4n) is 2.15. The summed E-state index contributed by atoms with van der Waals surface area (Å²) in [6.07, 6.45) is 5.82. The predicted octanol–water partition coefficient (Wildman–Crippen LogP) is 1.24. The van der Waals surface area contributed by atoms with Gasteiger partial charge in [-0.05, 0) is 25.8 Å². The van der Waals surface area contributed by atoms with Crippen LogP contribution in [0.1, 0.15) is 25.7 Å². The molecule has 7 nitrogen and oxygen atoms in total. The van der Waals surface area contributed by atoms with Gasteiger partial charge in [-0.2, -0.15) is 0 Å². The van der Waals surface area contributed by atoms with Crippen molar-refractivity contribution >= 4 is 5.69 Å². The Balaban J connectivity index is 1.84. The fourth-order valence-corrected chi connectivity index (χ4v) is 2.15. The molecule has 0 radical (unpaired) electrons. The van der Waals surface area contributed by atoms with E-state index in [0.717, 1.165) is 19.4 Å². The molecule has 1 aliphatic heterocycles. The minimum absolute atomic E-state index is 0.0749. The summed E-state index contributed by atoms with van der Waals surface area (Å²) < 4.78 is 6.80. The molecule has 100 valence electrons. The molecule has 1 fully saturated rings. The Kier molecular flexibility index (Phi) is 4.14. The van der Waals surface area contributed by atoms with E-state index in [1.54, 1.807) is 7.05 Å². The Morgan fingerprint density at radius 3 is 3.17 bits per heavy atom. The van der Waals surface area contributed by atoms with Gasteiger partial charge < -0.3 is 10.1 Å². The molecule has 1 unspecified atom stereocenters. The number of aromatic nitrogens is 2. The van der Waals surface area contributed by atoms with Gasteiger partial charge in [-0.15, -0.1) is 5.10 Å². The quantitative estimate of drug-likeness (QED) is 0.631. The van der Waals surface area contributed by atoms with Crippen molar-refractivity contribution in [1.29, 1.82) is 0 Å². The number of ether oxygens (including phenoxy) is 1. The number of nitrogens with one attached hydrogen (secondary N) is 1. The first-order valence-electron chi connectivity index (χ1n) is 6.21. The van der Waals surface area contributed by atoms with Gasteiger partial charge in [0, 0.05) is 13.1 Å². The van der Waals surface area contributed by atoms with Crippen molar-refractivity contribution in [2.45, 2.75) is 31.7 Å². The zero-order chi connectivity index (χ0) is 13.0. The van der Waals surface area contributed by atoms with Gasteiger partial charge in [0.1, 0.15) is 6.20 Å². The number of hydrogen-bond donors (Lipinski definition) is 1. The molecule has 0 spiro atoms. The van der Waals surface area contributed by atoms with Crippen molar-refractivity contribution in [2.75, 3.05) is 13.2 Å². The van der Waals surface area contributed by atoms with Crippen LogP contribution < -0.4 is 10.1 Å². The van der Waals surface area contributed by atoms with Crippen LogP contribution in [0.4, 0.5) is 5.69 Å². The number of hydrogen-bond acceptors (Lipinski definition) is 5. The summed E-state index contributed by atoms with van der Waals surface area (Å²) >= 11 is 0. The molecule has 18 heavy (non-hydrogen) atoms. The van der Waals surface area contributed by atoms with Crippen LogP contribution >= 0.6 is 0 Å². The second-order valence-electron chi connectivity index (χ2n) is 4.53. The lowest BCUT2D eigenvalue weighted by Gasteiger charge is -2.22. The zero-order valence-electron chi connectivity index (χ0n) is 10.5. The van der Waals surface area contributed by atoms with Crippen LogP contribution in [0.15, 0.2) is 6.20 Å². The maximum Gasteiger partial charge on any atom is 0.350 e. The Labute approximate surface area is 105 Å². The lowest BCUT2D eigenvalue weighted by Crippen LogP contribution is -2.35. The Bertz CT molecular complexity index is 412. The van der Waals surface area contributed by atoms with Crippen molar-refractivity contribution in [2.24, 2.45) is 7.05 Å². The second kappa shape index (κ2) is 5.81. The van der Waals surface area contributed by atoms with Gasteiger partial charge in [0.2, 0.25) is 0 Å². The molecule has 1 saturated heterocycles. The third-order valence-corrected chi connectivity index (χ3v) is 3.09. The topological polar surface area (TPSA) is 82.2 Å². The maximum atomic E-state index is 10.8.